The molecule has 2 aromatic rings. The minimum Gasteiger partial charge on any atom is -0.506 e. The minimum atomic E-state index is 0.316. The quantitative estimate of drug-likeness (QED) is 0.716. The molecule has 3 heteroatoms. The number of H-pyrrole nitrogens is 1. The lowest BCUT2D eigenvalue weighted by Gasteiger charge is -2.07. The van der Waals surface area contributed by atoms with Gasteiger partial charge in [-0.3, -0.25) is 0 Å². The topological polar surface area (TPSA) is 48.0 Å². The SMILES string of the molecule is CNC(C)Cc1cc2cccc(O)c2[nH]1. The molecular formula is C12H16N2O. The number of aromatic amines is 1. The van der Waals surface area contributed by atoms with Crippen molar-refractivity contribution in [3.8, 4) is 5.75 Å². The van der Waals surface area contributed by atoms with E-state index in [-0.39, 0.29) is 0 Å². The molecule has 1 aromatic heterocycles. The number of hydrogen-bond acceptors (Lipinski definition) is 2. The molecule has 2 rings (SSSR count). The minimum absolute atomic E-state index is 0.316. The number of aromatic nitrogens is 1. The Morgan fingerprint density at radius 3 is 2.93 bits per heavy atom. The van der Waals surface area contributed by atoms with Crippen LogP contribution in [0.4, 0.5) is 0 Å². The van der Waals surface area contributed by atoms with Crippen molar-refractivity contribution in [2.75, 3.05) is 7.05 Å². The van der Waals surface area contributed by atoms with Crippen LogP contribution in [0.1, 0.15) is 12.6 Å². The molecule has 0 saturated carbocycles. The van der Waals surface area contributed by atoms with Crippen LogP contribution in [-0.2, 0) is 6.42 Å². The molecule has 80 valence electrons. The Morgan fingerprint density at radius 2 is 2.27 bits per heavy atom. The number of aromatic hydroxyl groups is 1. The van der Waals surface area contributed by atoms with Gasteiger partial charge in [0.1, 0.15) is 5.75 Å². The fourth-order valence-corrected chi connectivity index (χ4v) is 1.74. The molecule has 0 bridgehead atoms. The van der Waals surface area contributed by atoms with E-state index in [4.69, 9.17) is 0 Å². The monoisotopic (exact) mass is 204 g/mol. The summed E-state index contributed by atoms with van der Waals surface area (Å²) in [4.78, 5) is 3.24. The van der Waals surface area contributed by atoms with E-state index in [1.54, 1.807) is 6.07 Å². The Morgan fingerprint density at radius 1 is 1.47 bits per heavy atom. The van der Waals surface area contributed by atoms with E-state index in [9.17, 15) is 5.11 Å². The molecule has 3 nitrogen and oxygen atoms in total. The first-order chi connectivity index (χ1) is 7.20. The summed E-state index contributed by atoms with van der Waals surface area (Å²) in [5.74, 6) is 0.316. The van der Waals surface area contributed by atoms with Gasteiger partial charge in [-0.05, 0) is 26.1 Å². The van der Waals surface area contributed by atoms with E-state index in [2.05, 4.69) is 23.3 Å². The first kappa shape index (κ1) is 10.1. The summed E-state index contributed by atoms with van der Waals surface area (Å²) in [6.07, 6.45) is 0.935. The molecule has 1 atom stereocenters. The van der Waals surface area contributed by atoms with Crippen molar-refractivity contribution in [3.05, 3.63) is 30.0 Å². The molecule has 0 spiro atoms. The molecule has 0 amide bonds. The molecule has 0 aliphatic rings. The molecule has 3 N–H and O–H groups in total. The van der Waals surface area contributed by atoms with Gasteiger partial charge >= 0.3 is 0 Å². The second kappa shape index (κ2) is 3.95. The van der Waals surface area contributed by atoms with E-state index in [1.807, 2.05) is 19.2 Å². The molecule has 0 fully saturated rings. The van der Waals surface area contributed by atoms with Crippen molar-refractivity contribution in [1.82, 2.24) is 10.3 Å². The maximum atomic E-state index is 9.63. The van der Waals surface area contributed by atoms with Gasteiger partial charge < -0.3 is 15.4 Å². The molecule has 1 unspecified atom stereocenters. The number of fused-ring (bicyclic) bond motifs is 1. The van der Waals surface area contributed by atoms with Gasteiger partial charge in [-0.25, -0.2) is 0 Å². The van der Waals surface area contributed by atoms with Crippen molar-refractivity contribution in [2.45, 2.75) is 19.4 Å². The average Bonchev–Trinajstić information content (AvgIpc) is 2.62. The summed E-state index contributed by atoms with van der Waals surface area (Å²) in [5.41, 5.74) is 1.98. The normalized spacial score (nSPS) is 13.2. The van der Waals surface area contributed by atoms with E-state index >= 15 is 0 Å². The highest BCUT2D eigenvalue weighted by Crippen LogP contribution is 2.24. The van der Waals surface area contributed by atoms with Gasteiger partial charge in [0.05, 0.1) is 5.52 Å². The van der Waals surface area contributed by atoms with E-state index in [0.29, 0.717) is 11.8 Å². The zero-order valence-electron chi connectivity index (χ0n) is 9.04. The highest BCUT2D eigenvalue weighted by molar-refractivity contribution is 5.85. The zero-order valence-corrected chi connectivity index (χ0v) is 9.04. The Kier molecular flexibility index (Phi) is 2.64. The van der Waals surface area contributed by atoms with Crippen LogP contribution in [0, 0.1) is 0 Å². The fourth-order valence-electron chi connectivity index (χ4n) is 1.74. The predicted molar refractivity (Wildman–Crippen MR) is 62.2 cm³/mol. The summed E-state index contributed by atoms with van der Waals surface area (Å²) in [6, 6.07) is 8.07. The third-order valence-electron chi connectivity index (χ3n) is 2.71. The van der Waals surface area contributed by atoms with Crippen LogP contribution < -0.4 is 5.32 Å². The summed E-state index contributed by atoms with van der Waals surface area (Å²) >= 11 is 0. The van der Waals surface area contributed by atoms with Gasteiger partial charge in [-0.15, -0.1) is 0 Å². The molecule has 1 heterocycles. The number of likely N-dealkylation sites (N-methyl/N-ethyl adjacent to an activating group) is 1. The van der Waals surface area contributed by atoms with Crippen LogP contribution in [0.3, 0.4) is 0 Å². The number of rotatable bonds is 3. The Labute approximate surface area is 89.1 Å². The smallest absolute Gasteiger partial charge is 0.139 e. The number of phenols is 1. The van der Waals surface area contributed by atoms with Crippen molar-refractivity contribution in [2.24, 2.45) is 0 Å². The Bertz CT molecular complexity index is 462. The van der Waals surface area contributed by atoms with Gasteiger partial charge in [0, 0.05) is 23.5 Å². The molecule has 0 aliphatic heterocycles. The van der Waals surface area contributed by atoms with Crippen molar-refractivity contribution >= 4 is 10.9 Å². The Balaban J connectivity index is 2.35. The highest BCUT2D eigenvalue weighted by atomic mass is 16.3. The molecule has 0 radical (unpaired) electrons. The van der Waals surface area contributed by atoms with Crippen molar-refractivity contribution in [3.63, 3.8) is 0 Å². The summed E-state index contributed by atoms with van der Waals surface area (Å²) in [7, 11) is 1.95. The average molecular weight is 204 g/mol. The molecule has 1 aromatic carbocycles. The van der Waals surface area contributed by atoms with Crippen LogP contribution in [0.2, 0.25) is 0 Å². The van der Waals surface area contributed by atoms with Crippen LogP contribution in [0.25, 0.3) is 10.9 Å². The van der Waals surface area contributed by atoms with Crippen LogP contribution >= 0.6 is 0 Å². The zero-order chi connectivity index (χ0) is 10.8. The summed E-state index contributed by atoms with van der Waals surface area (Å²) < 4.78 is 0. The lowest BCUT2D eigenvalue weighted by Crippen LogP contribution is -2.23. The third kappa shape index (κ3) is 1.97. The molecule has 0 saturated heterocycles. The fraction of sp³-hybridized carbons (Fsp3) is 0.333. The predicted octanol–water partition coefficient (Wildman–Crippen LogP) is 2.02. The van der Waals surface area contributed by atoms with E-state index in [0.717, 1.165) is 23.0 Å². The number of nitrogens with one attached hydrogen (secondary N) is 2. The number of hydrogen-bond donors (Lipinski definition) is 3. The number of para-hydroxylation sites is 1. The molecule has 15 heavy (non-hydrogen) atoms. The van der Waals surface area contributed by atoms with Gasteiger partial charge in [0.25, 0.3) is 0 Å². The maximum Gasteiger partial charge on any atom is 0.139 e. The third-order valence-corrected chi connectivity index (χ3v) is 2.71. The van der Waals surface area contributed by atoms with Crippen molar-refractivity contribution < 1.29 is 5.11 Å². The standard InChI is InChI=1S/C12H16N2O/c1-8(13-2)6-10-7-9-4-3-5-11(15)12(9)14-10/h3-5,7-8,13-15H,6H2,1-2H3. The van der Waals surface area contributed by atoms with Crippen LogP contribution in [0.5, 0.6) is 5.75 Å². The van der Waals surface area contributed by atoms with Crippen LogP contribution in [0.15, 0.2) is 24.3 Å². The second-order valence-electron chi connectivity index (χ2n) is 3.93. The van der Waals surface area contributed by atoms with Gasteiger partial charge in [0.15, 0.2) is 0 Å². The lowest BCUT2D eigenvalue weighted by molar-refractivity contribution is 0.480. The number of phenolic OH excluding ortho intramolecular Hbond substituents is 1. The van der Waals surface area contributed by atoms with Gasteiger partial charge in [0.2, 0.25) is 0 Å². The van der Waals surface area contributed by atoms with Gasteiger partial charge in [-0.1, -0.05) is 12.1 Å². The first-order valence-corrected chi connectivity index (χ1v) is 5.17. The van der Waals surface area contributed by atoms with E-state index < -0.39 is 0 Å². The largest absolute Gasteiger partial charge is 0.506 e. The molecular weight excluding hydrogens is 188 g/mol. The highest BCUT2D eigenvalue weighted by Gasteiger charge is 2.06. The number of benzene rings is 1. The summed E-state index contributed by atoms with van der Waals surface area (Å²) in [6.45, 7) is 2.13. The molecule has 0 aliphatic carbocycles. The maximum absolute atomic E-state index is 9.63. The summed E-state index contributed by atoms with van der Waals surface area (Å²) in [5, 5.41) is 13.9. The van der Waals surface area contributed by atoms with Gasteiger partial charge in [-0.2, -0.15) is 0 Å². The lowest BCUT2D eigenvalue weighted by atomic mass is 10.2. The Hall–Kier alpha value is -1.48. The first-order valence-electron chi connectivity index (χ1n) is 5.17. The van der Waals surface area contributed by atoms with E-state index in [1.165, 1.54) is 0 Å². The van der Waals surface area contributed by atoms with Crippen molar-refractivity contribution in [1.29, 1.82) is 0 Å². The second-order valence-corrected chi connectivity index (χ2v) is 3.93. The van der Waals surface area contributed by atoms with Crippen LogP contribution in [-0.4, -0.2) is 23.2 Å².